The molecule has 2 N–H and O–H groups in total. The van der Waals surface area contributed by atoms with Gasteiger partial charge in [-0.1, -0.05) is 0 Å². The third-order valence-electron chi connectivity index (χ3n) is 2.98. The molecule has 0 unspecified atom stereocenters. The molecule has 0 fully saturated rings. The van der Waals surface area contributed by atoms with Crippen LogP contribution in [0.4, 0.5) is 5.69 Å². The first-order valence-electron chi connectivity index (χ1n) is 6.05. The number of ether oxygens (including phenoxy) is 1. The maximum atomic E-state index is 11.9. The van der Waals surface area contributed by atoms with E-state index in [1.165, 1.54) is 6.92 Å². The van der Waals surface area contributed by atoms with Crippen LogP contribution in [-0.4, -0.2) is 44.2 Å². The van der Waals surface area contributed by atoms with Crippen LogP contribution in [0.1, 0.15) is 12.0 Å². The van der Waals surface area contributed by atoms with Crippen LogP contribution in [0.2, 0.25) is 0 Å². The van der Waals surface area contributed by atoms with Crippen molar-refractivity contribution in [2.24, 2.45) is 5.10 Å². The molecule has 2 rings (SSSR count). The van der Waals surface area contributed by atoms with Gasteiger partial charge in [0.2, 0.25) is 5.90 Å². The number of benzene rings is 1. The summed E-state index contributed by atoms with van der Waals surface area (Å²) in [4.78, 5) is 20.0. The number of nitrogens with zero attached hydrogens (tertiary/aromatic N) is 2. The highest BCUT2D eigenvalue weighted by Crippen LogP contribution is 2.32. The summed E-state index contributed by atoms with van der Waals surface area (Å²) in [6.07, 6.45) is -0.376. The van der Waals surface area contributed by atoms with Gasteiger partial charge in [-0.05, 0) is 24.6 Å². The molecule has 0 aliphatic carbocycles. The first kappa shape index (κ1) is 18.0. The second-order valence-electron chi connectivity index (χ2n) is 4.63. The Labute approximate surface area is 136 Å². The third kappa shape index (κ3) is 3.43. The van der Waals surface area contributed by atoms with Gasteiger partial charge in [-0.3, -0.25) is 18.7 Å². The van der Waals surface area contributed by atoms with Gasteiger partial charge in [-0.2, -0.15) is 21.8 Å². The van der Waals surface area contributed by atoms with Crippen molar-refractivity contribution < 1.29 is 40.3 Å². The molecular formula is C11H10N2O9S2. The van der Waals surface area contributed by atoms with E-state index in [4.69, 9.17) is 4.55 Å². The molecule has 0 bridgehead atoms. The maximum absolute atomic E-state index is 11.9. The normalized spacial score (nSPS) is 15.4. The topological polar surface area (TPSA) is 168 Å². The van der Waals surface area contributed by atoms with Crippen LogP contribution in [-0.2, 0) is 34.6 Å². The Morgan fingerprint density at radius 1 is 1.17 bits per heavy atom. The lowest BCUT2D eigenvalue weighted by molar-refractivity contribution is -0.121. The lowest BCUT2D eigenvalue weighted by Gasteiger charge is -2.16. The first-order chi connectivity index (χ1) is 10.9. The van der Waals surface area contributed by atoms with E-state index in [1.807, 2.05) is 0 Å². The highest BCUT2D eigenvalue weighted by molar-refractivity contribution is 7.89. The Morgan fingerprint density at radius 2 is 1.71 bits per heavy atom. The van der Waals surface area contributed by atoms with E-state index >= 15 is 0 Å². The van der Waals surface area contributed by atoms with Crippen molar-refractivity contribution in [3.8, 4) is 0 Å². The molecule has 0 atom stereocenters. The van der Waals surface area contributed by atoms with Gasteiger partial charge < -0.3 is 4.74 Å². The number of anilines is 1. The molecule has 11 nitrogen and oxygen atoms in total. The fourth-order valence-corrected chi connectivity index (χ4v) is 3.84. The molecule has 0 spiro atoms. The van der Waals surface area contributed by atoms with Gasteiger partial charge in [0, 0.05) is 0 Å². The zero-order chi connectivity index (χ0) is 18.3. The minimum Gasteiger partial charge on any atom is -0.412 e. The summed E-state index contributed by atoms with van der Waals surface area (Å²) in [6.45, 7) is 1.37. The zero-order valence-electron chi connectivity index (χ0n) is 11.9. The molecule has 1 aliphatic rings. The summed E-state index contributed by atoms with van der Waals surface area (Å²) in [5.74, 6) is -0.933. The molecule has 1 aromatic carbocycles. The molecule has 1 aliphatic heterocycles. The molecule has 0 radical (unpaired) electrons. The van der Waals surface area contributed by atoms with Crippen LogP contribution >= 0.6 is 0 Å². The highest BCUT2D eigenvalue weighted by Gasteiger charge is 2.32. The van der Waals surface area contributed by atoms with Gasteiger partial charge in [0.1, 0.15) is 16.2 Å². The number of aryl methyl sites for hydroxylation is 1. The molecular weight excluding hydrogens is 368 g/mol. The fourth-order valence-electron chi connectivity index (χ4n) is 2.00. The van der Waals surface area contributed by atoms with Crippen molar-refractivity contribution in [3.63, 3.8) is 0 Å². The molecule has 1 aromatic rings. The number of carbonyl (C=O) groups excluding carboxylic acids is 2. The Hall–Kier alpha value is -2.35. The van der Waals surface area contributed by atoms with E-state index < -0.39 is 35.9 Å². The number of rotatable bonds is 4. The Morgan fingerprint density at radius 3 is 2.21 bits per heavy atom. The van der Waals surface area contributed by atoms with E-state index in [1.54, 1.807) is 0 Å². The van der Waals surface area contributed by atoms with Crippen molar-refractivity contribution in [2.75, 3.05) is 5.01 Å². The second kappa shape index (κ2) is 5.94. The standard InChI is InChI=1S/C11H10N2O9S2/c1-6-2-8(23(16,17)18)9(24(19,20)21)3-7(6)13-11(15)4-10(12-13)22-5-14/h2-3,5H,4H2,1H3,(H,16,17,18)(H,19,20,21). The molecule has 0 saturated heterocycles. The van der Waals surface area contributed by atoms with E-state index in [0.717, 1.165) is 6.07 Å². The number of hydrogen-bond donors (Lipinski definition) is 2. The van der Waals surface area contributed by atoms with Gasteiger partial charge in [0.15, 0.2) is 0 Å². The van der Waals surface area contributed by atoms with Gasteiger partial charge in [0.05, 0.1) is 5.69 Å². The SMILES string of the molecule is Cc1cc(S(=O)(=O)O)c(S(=O)(=O)O)cc1N1N=C(OC=O)CC1=O. The van der Waals surface area contributed by atoms with Crippen molar-refractivity contribution in [1.82, 2.24) is 0 Å². The van der Waals surface area contributed by atoms with Crippen LogP contribution < -0.4 is 5.01 Å². The molecule has 130 valence electrons. The van der Waals surface area contributed by atoms with Crippen LogP contribution in [0.25, 0.3) is 0 Å². The number of amides is 1. The van der Waals surface area contributed by atoms with Crippen LogP contribution in [0.3, 0.4) is 0 Å². The molecule has 1 amide bonds. The van der Waals surface area contributed by atoms with E-state index in [0.29, 0.717) is 11.1 Å². The van der Waals surface area contributed by atoms with Gasteiger partial charge in [-0.15, -0.1) is 5.10 Å². The summed E-state index contributed by atoms with van der Waals surface area (Å²) in [5.41, 5.74) is -0.121. The predicted octanol–water partition coefficient (Wildman–Crippen LogP) is -0.288. The lowest BCUT2D eigenvalue weighted by Crippen LogP contribution is -2.21. The molecule has 13 heteroatoms. The van der Waals surface area contributed by atoms with Crippen molar-refractivity contribution >= 4 is 44.2 Å². The molecule has 0 aromatic heterocycles. The average Bonchev–Trinajstić information content (AvgIpc) is 2.77. The first-order valence-corrected chi connectivity index (χ1v) is 8.93. The Bertz CT molecular complexity index is 963. The summed E-state index contributed by atoms with van der Waals surface area (Å²) >= 11 is 0. The van der Waals surface area contributed by atoms with Crippen LogP contribution in [0.5, 0.6) is 0 Å². The van der Waals surface area contributed by atoms with E-state index in [2.05, 4.69) is 9.84 Å². The van der Waals surface area contributed by atoms with E-state index in [9.17, 15) is 31.0 Å². The van der Waals surface area contributed by atoms with E-state index in [-0.39, 0.29) is 30.0 Å². The molecule has 24 heavy (non-hydrogen) atoms. The molecule has 0 saturated carbocycles. The average molecular weight is 378 g/mol. The zero-order valence-corrected chi connectivity index (χ0v) is 13.5. The third-order valence-corrected chi connectivity index (χ3v) is 4.90. The summed E-state index contributed by atoms with van der Waals surface area (Å²) < 4.78 is 68.1. The fraction of sp³-hybridized carbons (Fsp3) is 0.182. The quantitative estimate of drug-likeness (QED) is 0.528. The number of hydrogen-bond acceptors (Lipinski definition) is 8. The van der Waals surface area contributed by atoms with Crippen LogP contribution in [0.15, 0.2) is 27.0 Å². The monoisotopic (exact) mass is 378 g/mol. The second-order valence-corrected chi connectivity index (χ2v) is 7.41. The maximum Gasteiger partial charge on any atom is 0.299 e. The molecule has 1 heterocycles. The smallest absolute Gasteiger partial charge is 0.299 e. The van der Waals surface area contributed by atoms with Gasteiger partial charge in [0.25, 0.3) is 32.6 Å². The Balaban J connectivity index is 2.70. The van der Waals surface area contributed by atoms with Gasteiger partial charge in [-0.25, -0.2) is 0 Å². The van der Waals surface area contributed by atoms with Crippen molar-refractivity contribution in [1.29, 1.82) is 0 Å². The Kier molecular flexibility index (Phi) is 4.45. The van der Waals surface area contributed by atoms with Gasteiger partial charge >= 0.3 is 0 Å². The minimum absolute atomic E-state index is 0.0491. The summed E-state index contributed by atoms with van der Waals surface area (Å²) in [6, 6.07) is 1.42. The lowest BCUT2D eigenvalue weighted by atomic mass is 10.2. The summed E-state index contributed by atoms with van der Waals surface area (Å²) in [7, 11) is -10.0. The minimum atomic E-state index is -5.04. The number of carbonyl (C=O) groups is 2. The predicted molar refractivity (Wildman–Crippen MR) is 77.5 cm³/mol. The highest BCUT2D eigenvalue weighted by atomic mass is 32.2. The number of hydrazone groups is 1. The largest absolute Gasteiger partial charge is 0.412 e. The van der Waals surface area contributed by atoms with Crippen molar-refractivity contribution in [3.05, 3.63) is 17.7 Å². The summed E-state index contributed by atoms with van der Waals surface area (Å²) in [5, 5.41) is 4.35. The van der Waals surface area contributed by atoms with Crippen LogP contribution in [0, 0.1) is 6.92 Å². The van der Waals surface area contributed by atoms with Crippen molar-refractivity contribution in [2.45, 2.75) is 23.1 Å².